The molecule has 4 saturated carbocycles. The van der Waals surface area contributed by atoms with Gasteiger partial charge < -0.3 is 19.9 Å². The molecule has 1 saturated heterocycles. The number of anilines is 1. The zero-order valence-corrected chi connectivity index (χ0v) is 20.1. The van der Waals surface area contributed by atoms with Crippen molar-refractivity contribution in [3.63, 3.8) is 0 Å². The maximum absolute atomic E-state index is 13.2. The molecular formula is C26H36N4O4. The molecule has 0 unspecified atom stereocenters. The van der Waals surface area contributed by atoms with Crippen molar-refractivity contribution in [2.75, 3.05) is 44.2 Å². The van der Waals surface area contributed by atoms with Gasteiger partial charge in [-0.25, -0.2) is 9.78 Å². The lowest BCUT2D eigenvalue weighted by Gasteiger charge is -2.55. The fourth-order valence-corrected chi connectivity index (χ4v) is 7.15. The van der Waals surface area contributed by atoms with Gasteiger partial charge in [0.05, 0.1) is 18.7 Å². The summed E-state index contributed by atoms with van der Waals surface area (Å²) in [4.78, 5) is 46.4. The minimum atomic E-state index is -0.371. The van der Waals surface area contributed by atoms with Crippen molar-refractivity contribution in [2.45, 2.75) is 51.9 Å². The minimum absolute atomic E-state index is 0.00875. The summed E-state index contributed by atoms with van der Waals surface area (Å²) in [5, 5.41) is 3.03. The Hall–Kier alpha value is -2.64. The predicted molar refractivity (Wildman–Crippen MR) is 127 cm³/mol. The predicted octanol–water partition coefficient (Wildman–Crippen LogP) is 2.63. The topological polar surface area (TPSA) is 91.8 Å². The van der Waals surface area contributed by atoms with E-state index in [4.69, 9.17) is 4.74 Å². The molecule has 0 spiro atoms. The third-order valence-corrected chi connectivity index (χ3v) is 8.35. The number of rotatable bonds is 6. The molecule has 8 nitrogen and oxygen atoms in total. The Labute approximate surface area is 201 Å². The molecule has 184 valence electrons. The molecule has 0 radical (unpaired) electrons. The molecule has 0 aromatic carbocycles. The van der Waals surface area contributed by atoms with Crippen molar-refractivity contribution >= 4 is 23.6 Å². The van der Waals surface area contributed by atoms with Crippen molar-refractivity contribution in [1.29, 1.82) is 0 Å². The largest absolute Gasteiger partial charge is 0.462 e. The molecule has 4 bridgehead atoms. The lowest BCUT2D eigenvalue weighted by molar-refractivity contribution is -0.148. The molecule has 0 atom stereocenters. The quantitative estimate of drug-likeness (QED) is 0.646. The summed E-state index contributed by atoms with van der Waals surface area (Å²) < 4.78 is 5.01. The summed E-state index contributed by atoms with van der Waals surface area (Å²) in [5.41, 5.74) is 0.221. The van der Waals surface area contributed by atoms with Gasteiger partial charge in [-0.1, -0.05) is 0 Å². The highest BCUT2D eigenvalue weighted by Gasteiger charge is 2.54. The standard InChI is InChI=1S/C26H36N4O4/c1-2-34-24(32)21-4-5-22(27-16-21)29-6-3-7-30(9-8-29)23(31)17-28-25(33)26-13-18-10-19(14-26)12-20(11-18)15-26/h4-5,16,18-20H,2-3,6-15,17H2,1H3,(H,28,33). The molecule has 34 heavy (non-hydrogen) atoms. The third-order valence-electron chi connectivity index (χ3n) is 8.35. The van der Waals surface area contributed by atoms with Gasteiger partial charge in [-0.05, 0) is 81.8 Å². The van der Waals surface area contributed by atoms with Crippen molar-refractivity contribution in [2.24, 2.45) is 23.2 Å². The smallest absolute Gasteiger partial charge is 0.339 e. The van der Waals surface area contributed by atoms with E-state index in [1.54, 1.807) is 19.2 Å². The van der Waals surface area contributed by atoms with Crippen LogP contribution in [0, 0.1) is 23.2 Å². The second-order valence-corrected chi connectivity index (χ2v) is 10.7. The van der Waals surface area contributed by atoms with Crippen LogP contribution in [0.25, 0.3) is 0 Å². The number of esters is 1. The van der Waals surface area contributed by atoms with Crippen LogP contribution in [0.4, 0.5) is 5.82 Å². The van der Waals surface area contributed by atoms with E-state index in [-0.39, 0.29) is 29.7 Å². The van der Waals surface area contributed by atoms with Crippen LogP contribution in [0.2, 0.25) is 0 Å². The molecule has 8 heteroatoms. The summed E-state index contributed by atoms with van der Waals surface area (Å²) in [7, 11) is 0. The molecule has 1 N–H and O–H groups in total. The van der Waals surface area contributed by atoms with Crippen LogP contribution in [0.5, 0.6) is 0 Å². The number of carbonyl (C=O) groups is 3. The van der Waals surface area contributed by atoms with E-state index in [1.807, 2.05) is 11.0 Å². The Balaban J connectivity index is 1.12. The first-order chi connectivity index (χ1) is 16.5. The van der Waals surface area contributed by atoms with E-state index in [1.165, 1.54) is 19.3 Å². The van der Waals surface area contributed by atoms with Crippen LogP contribution in [-0.2, 0) is 14.3 Å². The van der Waals surface area contributed by atoms with E-state index >= 15 is 0 Å². The number of hydrogen-bond acceptors (Lipinski definition) is 6. The Morgan fingerprint density at radius 3 is 2.35 bits per heavy atom. The van der Waals surface area contributed by atoms with Crippen LogP contribution in [0.1, 0.15) is 62.2 Å². The zero-order chi connectivity index (χ0) is 23.7. The maximum Gasteiger partial charge on any atom is 0.339 e. The highest BCUT2D eigenvalue weighted by atomic mass is 16.5. The van der Waals surface area contributed by atoms with Crippen LogP contribution in [0.3, 0.4) is 0 Å². The van der Waals surface area contributed by atoms with Crippen molar-refractivity contribution < 1.29 is 19.1 Å². The molecule has 5 fully saturated rings. The molecule has 1 aromatic rings. The molecule has 2 amide bonds. The van der Waals surface area contributed by atoms with Gasteiger partial charge in [-0.15, -0.1) is 0 Å². The van der Waals surface area contributed by atoms with Crippen molar-refractivity contribution in [1.82, 2.24) is 15.2 Å². The molecular weight excluding hydrogens is 432 g/mol. The van der Waals surface area contributed by atoms with Crippen LogP contribution < -0.4 is 10.2 Å². The van der Waals surface area contributed by atoms with E-state index in [2.05, 4.69) is 15.2 Å². The van der Waals surface area contributed by atoms with Gasteiger partial charge in [-0.3, -0.25) is 9.59 Å². The van der Waals surface area contributed by atoms with E-state index in [9.17, 15) is 14.4 Å². The first kappa shape index (κ1) is 23.1. The SMILES string of the molecule is CCOC(=O)c1ccc(N2CCCN(C(=O)CNC(=O)C34CC5CC(CC(C5)C3)C4)CC2)nc1. The van der Waals surface area contributed by atoms with Crippen molar-refractivity contribution in [3.05, 3.63) is 23.9 Å². The fraction of sp³-hybridized carbons (Fsp3) is 0.692. The van der Waals surface area contributed by atoms with Gasteiger partial charge >= 0.3 is 5.97 Å². The minimum Gasteiger partial charge on any atom is -0.462 e. The number of pyridine rings is 1. The van der Waals surface area contributed by atoms with Crippen LogP contribution in [0.15, 0.2) is 18.3 Å². The molecule has 2 heterocycles. The van der Waals surface area contributed by atoms with Crippen molar-refractivity contribution in [3.8, 4) is 0 Å². The van der Waals surface area contributed by atoms with Gasteiger partial charge in [0.15, 0.2) is 0 Å². The van der Waals surface area contributed by atoms with Gasteiger partial charge in [-0.2, -0.15) is 0 Å². The lowest BCUT2D eigenvalue weighted by atomic mass is 9.49. The zero-order valence-electron chi connectivity index (χ0n) is 20.1. The van der Waals surface area contributed by atoms with Gasteiger partial charge in [0, 0.05) is 37.8 Å². The highest BCUT2D eigenvalue weighted by molar-refractivity contribution is 5.89. The van der Waals surface area contributed by atoms with E-state index in [0.717, 1.165) is 38.0 Å². The summed E-state index contributed by atoms with van der Waals surface area (Å²) in [6.07, 6.45) is 9.32. The number of hydrogen-bond donors (Lipinski definition) is 1. The monoisotopic (exact) mass is 468 g/mol. The number of nitrogens with one attached hydrogen (secondary N) is 1. The number of amides is 2. The average molecular weight is 469 g/mol. The molecule has 6 rings (SSSR count). The van der Waals surface area contributed by atoms with Crippen LogP contribution >= 0.6 is 0 Å². The lowest BCUT2D eigenvalue weighted by Crippen LogP contribution is -2.54. The molecule has 1 aliphatic heterocycles. The van der Waals surface area contributed by atoms with Gasteiger partial charge in [0.2, 0.25) is 11.8 Å². The summed E-state index contributed by atoms with van der Waals surface area (Å²) in [6, 6.07) is 3.56. The average Bonchev–Trinajstić information content (AvgIpc) is 3.08. The molecule has 1 aromatic heterocycles. The van der Waals surface area contributed by atoms with Gasteiger partial charge in [0.1, 0.15) is 5.82 Å². The second kappa shape index (κ2) is 9.55. The summed E-state index contributed by atoms with van der Waals surface area (Å²) in [5.74, 6) is 2.66. The Kier molecular flexibility index (Phi) is 6.49. The number of aromatic nitrogens is 1. The molecule has 5 aliphatic rings. The van der Waals surface area contributed by atoms with E-state index < -0.39 is 0 Å². The van der Waals surface area contributed by atoms with Crippen LogP contribution in [-0.4, -0.2) is 67.0 Å². The first-order valence-corrected chi connectivity index (χ1v) is 12.9. The maximum atomic E-state index is 13.2. The molecule has 4 aliphatic carbocycles. The fourth-order valence-electron chi connectivity index (χ4n) is 7.15. The number of nitrogens with zero attached hydrogens (tertiary/aromatic N) is 3. The van der Waals surface area contributed by atoms with E-state index in [0.29, 0.717) is 49.6 Å². The first-order valence-electron chi connectivity index (χ1n) is 12.9. The highest BCUT2D eigenvalue weighted by Crippen LogP contribution is 2.60. The second-order valence-electron chi connectivity index (χ2n) is 10.7. The Morgan fingerprint density at radius 1 is 1.03 bits per heavy atom. The summed E-state index contributed by atoms with van der Waals surface area (Å²) in [6.45, 7) is 4.91. The Morgan fingerprint density at radius 2 is 1.74 bits per heavy atom. The Bertz CT molecular complexity index is 896. The third kappa shape index (κ3) is 4.64. The summed E-state index contributed by atoms with van der Waals surface area (Å²) >= 11 is 0. The normalized spacial score (nSPS) is 30.1. The number of carbonyl (C=O) groups excluding carboxylic acids is 3. The van der Waals surface area contributed by atoms with Gasteiger partial charge in [0.25, 0.3) is 0 Å². The number of ether oxygens (including phenoxy) is 1.